The van der Waals surface area contributed by atoms with E-state index >= 15 is 0 Å². The Balaban J connectivity index is 1.87. The Morgan fingerprint density at radius 2 is 1.61 bits per heavy atom. The minimum absolute atomic E-state index is 0.00451. The Morgan fingerprint density at radius 1 is 1.00 bits per heavy atom. The van der Waals surface area contributed by atoms with E-state index in [9.17, 15) is 4.79 Å². The lowest BCUT2D eigenvalue weighted by molar-refractivity contribution is 0.0686. The molecule has 1 heterocycles. The average molecular weight is 424 g/mol. The molecule has 31 heavy (non-hydrogen) atoms. The largest absolute Gasteiger partial charge is 0.493 e. The molecule has 0 aliphatic carbocycles. The zero-order chi connectivity index (χ0) is 22.5. The van der Waals surface area contributed by atoms with E-state index in [0.717, 1.165) is 11.1 Å². The van der Waals surface area contributed by atoms with Gasteiger partial charge in [0.1, 0.15) is 5.69 Å². The van der Waals surface area contributed by atoms with Crippen LogP contribution in [0.15, 0.2) is 47.0 Å². The number of benzene rings is 2. The van der Waals surface area contributed by atoms with Gasteiger partial charge in [-0.15, -0.1) is 0 Å². The van der Waals surface area contributed by atoms with Crippen LogP contribution >= 0.6 is 0 Å². The van der Waals surface area contributed by atoms with Crippen LogP contribution in [0.1, 0.15) is 35.5 Å². The van der Waals surface area contributed by atoms with E-state index in [1.807, 2.05) is 51.1 Å². The summed E-state index contributed by atoms with van der Waals surface area (Å²) in [6.07, 6.45) is 0. The van der Waals surface area contributed by atoms with Crippen LogP contribution in [0.2, 0.25) is 0 Å². The van der Waals surface area contributed by atoms with E-state index in [1.165, 1.54) is 0 Å². The third kappa shape index (κ3) is 4.82. The van der Waals surface area contributed by atoms with Gasteiger partial charge in [0, 0.05) is 23.2 Å². The molecule has 3 rings (SSSR count). The van der Waals surface area contributed by atoms with Crippen LogP contribution in [0.5, 0.6) is 17.2 Å². The molecule has 3 aromatic rings. The molecule has 0 spiro atoms. The lowest BCUT2D eigenvalue weighted by Crippen LogP contribution is -2.36. The van der Waals surface area contributed by atoms with E-state index in [-0.39, 0.29) is 11.9 Å². The highest BCUT2D eigenvalue weighted by atomic mass is 16.5. The molecule has 0 aliphatic heterocycles. The molecule has 164 valence electrons. The SMILES string of the molecule is COc1cc(-c2cc(CN(C(=O)c3ccc(C)cc3)C(C)C)no2)cc(OC)c1OC. The van der Waals surface area contributed by atoms with Crippen LogP contribution in [0.25, 0.3) is 11.3 Å². The summed E-state index contributed by atoms with van der Waals surface area (Å²) < 4.78 is 21.8. The molecule has 2 aromatic carbocycles. The van der Waals surface area contributed by atoms with Crippen molar-refractivity contribution in [1.29, 1.82) is 0 Å². The Kier molecular flexibility index (Phi) is 6.84. The van der Waals surface area contributed by atoms with Gasteiger partial charge in [0.2, 0.25) is 5.75 Å². The van der Waals surface area contributed by atoms with Crippen LogP contribution in [-0.4, -0.2) is 43.3 Å². The highest BCUT2D eigenvalue weighted by molar-refractivity contribution is 5.94. The molecule has 0 aliphatic rings. The number of nitrogens with zero attached hydrogens (tertiary/aromatic N) is 2. The molecular weight excluding hydrogens is 396 g/mol. The summed E-state index contributed by atoms with van der Waals surface area (Å²) in [4.78, 5) is 14.8. The van der Waals surface area contributed by atoms with Gasteiger partial charge in [-0.3, -0.25) is 4.79 Å². The summed E-state index contributed by atoms with van der Waals surface area (Å²) in [5.41, 5.74) is 3.14. The summed E-state index contributed by atoms with van der Waals surface area (Å²) in [6, 6.07) is 13.0. The maximum absolute atomic E-state index is 13.0. The van der Waals surface area contributed by atoms with Crippen LogP contribution in [0, 0.1) is 6.92 Å². The van der Waals surface area contributed by atoms with Gasteiger partial charge in [0.25, 0.3) is 5.91 Å². The van der Waals surface area contributed by atoms with Crippen LogP contribution in [0.4, 0.5) is 0 Å². The van der Waals surface area contributed by atoms with Gasteiger partial charge < -0.3 is 23.6 Å². The lowest BCUT2D eigenvalue weighted by Gasteiger charge is -2.26. The van der Waals surface area contributed by atoms with E-state index in [2.05, 4.69) is 5.16 Å². The Morgan fingerprint density at radius 3 is 2.13 bits per heavy atom. The summed E-state index contributed by atoms with van der Waals surface area (Å²) in [6.45, 7) is 6.28. The monoisotopic (exact) mass is 424 g/mol. The third-order valence-electron chi connectivity index (χ3n) is 5.02. The van der Waals surface area contributed by atoms with Gasteiger partial charge in [-0.05, 0) is 45.0 Å². The maximum atomic E-state index is 13.0. The van der Waals surface area contributed by atoms with E-state index in [1.54, 1.807) is 38.4 Å². The molecule has 7 nitrogen and oxygen atoms in total. The number of amides is 1. The molecule has 0 saturated carbocycles. The molecule has 0 N–H and O–H groups in total. The zero-order valence-electron chi connectivity index (χ0n) is 18.8. The first-order valence-corrected chi connectivity index (χ1v) is 10.0. The standard InChI is InChI=1S/C24H28N2O5/c1-15(2)26(24(27)17-9-7-16(3)8-10-17)14-19-13-20(31-25-19)18-11-21(28-4)23(30-6)22(12-18)29-5/h7-13,15H,14H2,1-6H3. The van der Waals surface area contributed by atoms with Crippen LogP contribution in [-0.2, 0) is 6.54 Å². The van der Waals surface area contributed by atoms with Crippen molar-refractivity contribution < 1.29 is 23.5 Å². The topological polar surface area (TPSA) is 74.0 Å². The van der Waals surface area contributed by atoms with Gasteiger partial charge in [-0.25, -0.2) is 0 Å². The summed E-state index contributed by atoms with van der Waals surface area (Å²) >= 11 is 0. The fourth-order valence-electron chi connectivity index (χ4n) is 3.27. The van der Waals surface area contributed by atoms with Crippen molar-refractivity contribution in [3.05, 3.63) is 59.3 Å². The van der Waals surface area contributed by atoms with Crippen molar-refractivity contribution >= 4 is 5.91 Å². The lowest BCUT2D eigenvalue weighted by atomic mass is 10.1. The molecule has 1 amide bonds. The molecular formula is C24H28N2O5. The van der Waals surface area contributed by atoms with Crippen molar-refractivity contribution in [2.45, 2.75) is 33.4 Å². The number of aromatic nitrogens is 1. The summed E-state index contributed by atoms with van der Waals surface area (Å²) in [7, 11) is 4.67. The Bertz CT molecular complexity index is 1020. The first-order valence-electron chi connectivity index (χ1n) is 10.0. The number of carbonyl (C=O) groups excluding carboxylic acids is 1. The molecule has 0 atom stereocenters. The summed E-state index contributed by atoms with van der Waals surface area (Å²) in [5, 5.41) is 4.18. The van der Waals surface area contributed by atoms with Crippen molar-refractivity contribution in [2.75, 3.05) is 21.3 Å². The second-order valence-electron chi connectivity index (χ2n) is 7.49. The van der Waals surface area contributed by atoms with Gasteiger partial charge >= 0.3 is 0 Å². The van der Waals surface area contributed by atoms with Crippen molar-refractivity contribution in [2.24, 2.45) is 0 Å². The minimum atomic E-state index is -0.0488. The second-order valence-corrected chi connectivity index (χ2v) is 7.49. The number of carbonyl (C=O) groups is 1. The zero-order valence-corrected chi connectivity index (χ0v) is 18.8. The predicted octanol–water partition coefficient (Wildman–Crippen LogP) is 4.73. The normalized spacial score (nSPS) is 10.8. The molecule has 7 heteroatoms. The van der Waals surface area contributed by atoms with Crippen LogP contribution in [0.3, 0.4) is 0 Å². The van der Waals surface area contributed by atoms with E-state index < -0.39 is 0 Å². The number of hydrogen-bond donors (Lipinski definition) is 0. The molecule has 0 fully saturated rings. The van der Waals surface area contributed by atoms with Crippen molar-refractivity contribution in [3.8, 4) is 28.6 Å². The molecule has 0 bridgehead atoms. The first kappa shape index (κ1) is 22.2. The predicted molar refractivity (Wildman–Crippen MR) is 118 cm³/mol. The van der Waals surface area contributed by atoms with Gasteiger partial charge in [0.15, 0.2) is 17.3 Å². The molecule has 0 radical (unpaired) electrons. The first-order chi connectivity index (χ1) is 14.9. The number of hydrogen-bond acceptors (Lipinski definition) is 6. The number of methoxy groups -OCH3 is 3. The number of aryl methyl sites for hydroxylation is 1. The van der Waals surface area contributed by atoms with Gasteiger partial charge in [0.05, 0.1) is 27.9 Å². The van der Waals surface area contributed by atoms with Gasteiger partial charge in [-0.2, -0.15) is 0 Å². The maximum Gasteiger partial charge on any atom is 0.254 e. The van der Waals surface area contributed by atoms with Crippen molar-refractivity contribution in [3.63, 3.8) is 0 Å². The van der Waals surface area contributed by atoms with Crippen LogP contribution < -0.4 is 14.2 Å². The molecule has 1 aromatic heterocycles. The van der Waals surface area contributed by atoms with Gasteiger partial charge in [-0.1, -0.05) is 22.9 Å². The smallest absolute Gasteiger partial charge is 0.254 e. The summed E-state index contributed by atoms with van der Waals surface area (Å²) in [5.74, 6) is 2.04. The Labute approximate surface area is 182 Å². The quantitative estimate of drug-likeness (QED) is 0.521. The second kappa shape index (κ2) is 9.55. The highest BCUT2D eigenvalue weighted by Gasteiger charge is 2.22. The molecule has 0 saturated heterocycles. The number of ether oxygens (including phenoxy) is 3. The number of rotatable bonds is 8. The third-order valence-corrected chi connectivity index (χ3v) is 5.02. The van der Waals surface area contributed by atoms with E-state index in [0.29, 0.717) is 40.8 Å². The fraction of sp³-hybridized carbons (Fsp3) is 0.333. The average Bonchev–Trinajstić information content (AvgIpc) is 3.25. The molecule has 0 unspecified atom stereocenters. The Hall–Kier alpha value is -3.48. The van der Waals surface area contributed by atoms with E-state index in [4.69, 9.17) is 18.7 Å². The minimum Gasteiger partial charge on any atom is -0.493 e. The fourth-order valence-corrected chi connectivity index (χ4v) is 3.27. The highest BCUT2D eigenvalue weighted by Crippen LogP contribution is 2.41. The van der Waals surface area contributed by atoms with Crippen molar-refractivity contribution in [1.82, 2.24) is 10.1 Å².